The summed E-state index contributed by atoms with van der Waals surface area (Å²) in [4.78, 5) is 17.5. The summed E-state index contributed by atoms with van der Waals surface area (Å²) in [7, 11) is 2.12. The number of halogens is 2. The van der Waals surface area contributed by atoms with E-state index in [4.69, 9.17) is 0 Å². The molecule has 24 heavy (non-hydrogen) atoms. The Labute approximate surface area is 156 Å². The van der Waals surface area contributed by atoms with E-state index in [0.29, 0.717) is 11.3 Å². The topological polar surface area (TPSA) is 35.6 Å². The lowest BCUT2D eigenvalue weighted by Gasteiger charge is -2.27. The smallest absolute Gasteiger partial charge is 0.230 e. The molecule has 1 spiro atoms. The van der Waals surface area contributed by atoms with Gasteiger partial charge in [0, 0.05) is 26.1 Å². The Hall–Kier alpha value is -0.970. The normalized spacial score (nSPS) is 24.3. The van der Waals surface area contributed by atoms with Gasteiger partial charge in [0.05, 0.1) is 11.4 Å². The van der Waals surface area contributed by atoms with E-state index in [-0.39, 0.29) is 30.7 Å². The van der Waals surface area contributed by atoms with Crippen LogP contribution in [0.15, 0.2) is 24.3 Å². The molecule has 1 aromatic rings. The molecule has 1 atom stereocenters. The van der Waals surface area contributed by atoms with Crippen LogP contribution in [-0.4, -0.2) is 39.1 Å². The first-order chi connectivity index (χ1) is 10.7. The van der Waals surface area contributed by atoms with Gasteiger partial charge in [-0.3, -0.25) is 4.79 Å². The standard InChI is InChI=1S/C18H25N3O.2ClH/c1-20-11-4-12-21(16-6-3-2-5-15(16)20)17(22)14-13-18(14)7-9-19-10-8-18;;/h2-3,5-6,14,19H,4,7-13H2,1H3;2*1H. The summed E-state index contributed by atoms with van der Waals surface area (Å²) in [5, 5.41) is 3.42. The highest BCUT2D eigenvalue weighted by Gasteiger charge is 2.58. The molecule has 0 radical (unpaired) electrons. The number of carbonyl (C=O) groups excluding carboxylic acids is 1. The van der Waals surface area contributed by atoms with E-state index in [2.05, 4.69) is 40.4 Å². The molecule has 4 rings (SSSR count). The van der Waals surface area contributed by atoms with Gasteiger partial charge in [-0.15, -0.1) is 24.8 Å². The van der Waals surface area contributed by atoms with Gasteiger partial charge in [0.1, 0.15) is 0 Å². The summed E-state index contributed by atoms with van der Waals surface area (Å²) < 4.78 is 0. The molecule has 1 aromatic carbocycles. The maximum Gasteiger partial charge on any atom is 0.230 e. The Balaban J connectivity index is 0.00000104. The predicted molar refractivity (Wildman–Crippen MR) is 104 cm³/mol. The maximum atomic E-state index is 13.1. The molecule has 4 nitrogen and oxygen atoms in total. The molecule has 1 saturated heterocycles. The molecule has 6 heteroatoms. The zero-order valence-corrected chi connectivity index (χ0v) is 15.8. The zero-order chi connectivity index (χ0) is 15.2. The van der Waals surface area contributed by atoms with Crippen molar-refractivity contribution in [3.05, 3.63) is 24.3 Å². The first-order valence-corrected chi connectivity index (χ1v) is 8.54. The van der Waals surface area contributed by atoms with E-state index in [1.165, 1.54) is 18.5 Å². The van der Waals surface area contributed by atoms with Crippen LogP contribution in [0.3, 0.4) is 0 Å². The van der Waals surface area contributed by atoms with Crippen molar-refractivity contribution in [1.29, 1.82) is 0 Å². The molecular weight excluding hydrogens is 345 g/mol. The van der Waals surface area contributed by atoms with Crippen molar-refractivity contribution < 1.29 is 4.79 Å². The van der Waals surface area contributed by atoms with Crippen LogP contribution in [0.4, 0.5) is 11.4 Å². The van der Waals surface area contributed by atoms with E-state index in [1.54, 1.807) is 0 Å². The number of hydrogen-bond donors (Lipinski definition) is 1. The molecule has 1 unspecified atom stereocenters. The van der Waals surface area contributed by atoms with Gasteiger partial charge in [-0.05, 0) is 56.3 Å². The van der Waals surface area contributed by atoms with Crippen molar-refractivity contribution in [3.8, 4) is 0 Å². The van der Waals surface area contributed by atoms with E-state index >= 15 is 0 Å². The molecule has 0 aromatic heterocycles. The fourth-order valence-electron chi connectivity index (χ4n) is 4.31. The van der Waals surface area contributed by atoms with Crippen molar-refractivity contribution in [1.82, 2.24) is 5.32 Å². The number of benzene rings is 1. The second kappa shape index (κ2) is 7.51. The minimum Gasteiger partial charge on any atom is -0.373 e. The molecule has 2 fully saturated rings. The summed E-state index contributed by atoms with van der Waals surface area (Å²) in [5.74, 6) is 0.621. The Bertz CT molecular complexity index is 589. The first kappa shape index (κ1) is 19.4. The third-order valence-corrected chi connectivity index (χ3v) is 5.81. The monoisotopic (exact) mass is 371 g/mol. The Morgan fingerprint density at radius 3 is 2.50 bits per heavy atom. The second-order valence-electron chi connectivity index (χ2n) is 7.12. The summed E-state index contributed by atoms with van der Waals surface area (Å²) in [5.41, 5.74) is 2.60. The third-order valence-electron chi connectivity index (χ3n) is 5.81. The summed E-state index contributed by atoms with van der Waals surface area (Å²) in [6.07, 6.45) is 4.47. The highest BCUT2D eigenvalue weighted by Crippen LogP contribution is 2.59. The lowest BCUT2D eigenvalue weighted by Crippen LogP contribution is -2.37. The van der Waals surface area contributed by atoms with E-state index in [0.717, 1.165) is 44.7 Å². The number of nitrogens with zero attached hydrogens (tertiary/aromatic N) is 2. The molecule has 1 N–H and O–H groups in total. The number of hydrogen-bond acceptors (Lipinski definition) is 3. The van der Waals surface area contributed by atoms with Gasteiger partial charge in [0.2, 0.25) is 5.91 Å². The summed E-state index contributed by atoms with van der Waals surface area (Å²) >= 11 is 0. The molecule has 0 bridgehead atoms. The Morgan fingerprint density at radius 2 is 1.79 bits per heavy atom. The summed E-state index contributed by atoms with van der Waals surface area (Å²) in [6, 6.07) is 8.35. The fourth-order valence-corrected chi connectivity index (χ4v) is 4.31. The molecule has 2 aliphatic heterocycles. The van der Waals surface area contributed by atoms with Crippen LogP contribution in [0.1, 0.15) is 25.7 Å². The average Bonchev–Trinajstić information content (AvgIpc) is 3.27. The van der Waals surface area contributed by atoms with Crippen LogP contribution >= 0.6 is 24.8 Å². The third kappa shape index (κ3) is 3.24. The molecule has 1 amide bonds. The predicted octanol–water partition coefficient (Wildman–Crippen LogP) is 3.09. The average molecular weight is 372 g/mol. The number of anilines is 2. The van der Waals surface area contributed by atoms with E-state index < -0.39 is 0 Å². The van der Waals surface area contributed by atoms with E-state index in [1.807, 2.05) is 6.07 Å². The molecule has 3 aliphatic rings. The highest BCUT2D eigenvalue weighted by molar-refractivity contribution is 6.00. The van der Waals surface area contributed by atoms with Gasteiger partial charge in [-0.2, -0.15) is 0 Å². The van der Waals surface area contributed by atoms with Gasteiger partial charge >= 0.3 is 0 Å². The fraction of sp³-hybridized carbons (Fsp3) is 0.611. The molecule has 134 valence electrons. The lowest BCUT2D eigenvalue weighted by atomic mass is 9.91. The number of fused-ring (bicyclic) bond motifs is 1. The van der Waals surface area contributed by atoms with Gasteiger partial charge in [-0.25, -0.2) is 0 Å². The highest BCUT2D eigenvalue weighted by atomic mass is 35.5. The zero-order valence-electron chi connectivity index (χ0n) is 14.2. The van der Waals surface area contributed by atoms with E-state index in [9.17, 15) is 4.79 Å². The van der Waals surface area contributed by atoms with Gasteiger partial charge in [0.25, 0.3) is 0 Å². The van der Waals surface area contributed by atoms with Crippen LogP contribution < -0.4 is 15.1 Å². The van der Waals surface area contributed by atoms with Crippen LogP contribution in [-0.2, 0) is 4.79 Å². The van der Waals surface area contributed by atoms with Crippen molar-refractivity contribution in [3.63, 3.8) is 0 Å². The number of para-hydroxylation sites is 2. The quantitative estimate of drug-likeness (QED) is 0.823. The van der Waals surface area contributed by atoms with Crippen molar-refractivity contribution in [2.24, 2.45) is 11.3 Å². The lowest BCUT2D eigenvalue weighted by molar-refractivity contribution is -0.120. The van der Waals surface area contributed by atoms with Gasteiger partial charge < -0.3 is 15.1 Å². The molecule has 1 aliphatic carbocycles. The number of rotatable bonds is 1. The number of piperidine rings is 1. The first-order valence-electron chi connectivity index (χ1n) is 8.54. The number of carbonyl (C=O) groups is 1. The molecule has 1 saturated carbocycles. The maximum absolute atomic E-state index is 13.1. The summed E-state index contributed by atoms with van der Waals surface area (Å²) in [6.45, 7) is 4.01. The van der Waals surface area contributed by atoms with Crippen molar-refractivity contribution >= 4 is 42.1 Å². The van der Waals surface area contributed by atoms with Crippen LogP contribution in [0.25, 0.3) is 0 Å². The van der Waals surface area contributed by atoms with Gasteiger partial charge in [0.15, 0.2) is 0 Å². The van der Waals surface area contributed by atoms with Crippen LogP contribution in [0, 0.1) is 11.3 Å². The Kier molecular flexibility index (Phi) is 6.05. The number of amides is 1. The SMILES string of the molecule is CN1CCCN(C(=O)C2CC23CCNCC3)c2ccccc21.Cl.Cl. The van der Waals surface area contributed by atoms with Crippen LogP contribution in [0.5, 0.6) is 0 Å². The largest absolute Gasteiger partial charge is 0.373 e. The Morgan fingerprint density at radius 1 is 1.12 bits per heavy atom. The minimum atomic E-state index is 0. The molecule has 2 heterocycles. The van der Waals surface area contributed by atoms with Crippen molar-refractivity contribution in [2.45, 2.75) is 25.7 Å². The second-order valence-corrected chi connectivity index (χ2v) is 7.12. The molecular formula is C18H27Cl2N3O. The van der Waals surface area contributed by atoms with Crippen LogP contribution in [0.2, 0.25) is 0 Å². The van der Waals surface area contributed by atoms with Gasteiger partial charge in [-0.1, -0.05) is 12.1 Å². The number of nitrogens with one attached hydrogen (secondary N) is 1. The minimum absolute atomic E-state index is 0. The van der Waals surface area contributed by atoms with Crippen molar-refractivity contribution in [2.75, 3.05) is 43.0 Å².